The first-order valence-electron chi connectivity index (χ1n) is 6.70. The van der Waals surface area contributed by atoms with Crippen LogP contribution in [0.1, 0.15) is 10.4 Å². The number of carbonyl (C=O) groups excluding carboxylic acids is 1. The number of nitrogens with zero attached hydrogens (tertiary/aromatic N) is 2. The minimum atomic E-state index is -0.536. The number of amides is 1. The van der Waals surface area contributed by atoms with Gasteiger partial charge in [0.2, 0.25) is 0 Å². The van der Waals surface area contributed by atoms with E-state index in [9.17, 15) is 9.59 Å². The van der Waals surface area contributed by atoms with E-state index in [2.05, 4.69) is 10.4 Å². The summed E-state index contributed by atoms with van der Waals surface area (Å²) in [5, 5.41) is 15.7. The number of aromatic nitrogens is 2. The summed E-state index contributed by atoms with van der Waals surface area (Å²) >= 11 is 0. The average Bonchev–Trinajstić information content (AvgIpc) is 2.56. The van der Waals surface area contributed by atoms with Crippen LogP contribution in [0.5, 0.6) is 5.75 Å². The number of hydrogen-bond donors (Lipinski definition) is 2. The van der Waals surface area contributed by atoms with Gasteiger partial charge in [-0.3, -0.25) is 9.59 Å². The van der Waals surface area contributed by atoms with E-state index in [-0.39, 0.29) is 18.7 Å². The molecule has 7 nitrogen and oxygen atoms in total. The van der Waals surface area contributed by atoms with Crippen molar-refractivity contribution in [3.05, 3.63) is 46.2 Å². The van der Waals surface area contributed by atoms with E-state index in [1.165, 1.54) is 13.1 Å². The molecule has 0 bridgehead atoms. The Balaban J connectivity index is 2.56. The maximum Gasteiger partial charge on any atom is 0.279 e. The van der Waals surface area contributed by atoms with Gasteiger partial charge in [-0.25, -0.2) is 4.68 Å². The van der Waals surface area contributed by atoms with Gasteiger partial charge in [0.15, 0.2) is 0 Å². The number of aliphatic hydroxyl groups excluding tert-OH is 1. The van der Waals surface area contributed by atoms with Gasteiger partial charge < -0.3 is 15.2 Å². The second-order valence-electron chi connectivity index (χ2n) is 4.50. The Hall–Kier alpha value is -2.67. The fraction of sp³-hybridized carbons (Fsp3) is 0.267. The summed E-state index contributed by atoms with van der Waals surface area (Å²) in [5.74, 6) is 0.202. The largest absolute Gasteiger partial charge is 0.497 e. The van der Waals surface area contributed by atoms with Gasteiger partial charge in [-0.2, -0.15) is 5.10 Å². The molecule has 7 heteroatoms. The lowest BCUT2D eigenvalue weighted by atomic mass is 10.1. The van der Waals surface area contributed by atoms with Gasteiger partial charge in [-0.1, -0.05) is 0 Å². The maximum atomic E-state index is 12.2. The Bertz CT molecular complexity index is 723. The zero-order valence-corrected chi connectivity index (χ0v) is 12.4. The van der Waals surface area contributed by atoms with Crippen LogP contribution in [0.2, 0.25) is 0 Å². The normalized spacial score (nSPS) is 10.3. The Morgan fingerprint density at radius 2 is 2.05 bits per heavy atom. The molecule has 1 heterocycles. The van der Waals surface area contributed by atoms with Crippen LogP contribution in [0.4, 0.5) is 0 Å². The number of nitrogens with one attached hydrogen (secondary N) is 1. The van der Waals surface area contributed by atoms with Crippen molar-refractivity contribution >= 4 is 5.91 Å². The van der Waals surface area contributed by atoms with Crippen molar-refractivity contribution in [2.24, 2.45) is 0 Å². The zero-order chi connectivity index (χ0) is 16.1. The van der Waals surface area contributed by atoms with Crippen LogP contribution in [-0.2, 0) is 6.54 Å². The second kappa shape index (κ2) is 6.86. The highest BCUT2D eigenvalue weighted by Crippen LogP contribution is 2.20. The quantitative estimate of drug-likeness (QED) is 0.827. The number of methoxy groups -OCH3 is 1. The molecular weight excluding hydrogens is 286 g/mol. The highest BCUT2D eigenvalue weighted by atomic mass is 16.5. The van der Waals surface area contributed by atoms with Crippen molar-refractivity contribution < 1.29 is 14.6 Å². The summed E-state index contributed by atoms with van der Waals surface area (Å²) in [6.07, 6.45) is 0. The molecule has 1 aromatic carbocycles. The molecule has 22 heavy (non-hydrogen) atoms. The minimum absolute atomic E-state index is 0.0169. The highest BCUT2D eigenvalue weighted by molar-refractivity contribution is 5.94. The van der Waals surface area contributed by atoms with Gasteiger partial charge in [0.1, 0.15) is 11.3 Å². The fourth-order valence-electron chi connectivity index (χ4n) is 1.99. The predicted molar refractivity (Wildman–Crippen MR) is 81.0 cm³/mol. The molecule has 0 radical (unpaired) electrons. The first-order valence-corrected chi connectivity index (χ1v) is 6.70. The van der Waals surface area contributed by atoms with Gasteiger partial charge in [-0.15, -0.1) is 0 Å². The monoisotopic (exact) mass is 303 g/mol. The first kappa shape index (κ1) is 15.7. The number of rotatable bonds is 5. The minimum Gasteiger partial charge on any atom is -0.497 e. The molecule has 2 N–H and O–H groups in total. The molecule has 0 atom stereocenters. The lowest BCUT2D eigenvalue weighted by molar-refractivity contribution is 0.0960. The molecule has 0 saturated carbocycles. The van der Waals surface area contributed by atoms with Crippen molar-refractivity contribution in [1.82, 2.24) is 15.1 Å². The van der Waals surface area contributed by atoms with E-state index in [0.29, 0.717) is 11.4 Å². The van der Waals surface area contributed by atoms with Crippen LogP contribution in [0.15, 0.2) is 35.1 Å². The molecule has 0 aliphatic heterocycles. The molecule has 0 saturated heterocycles. The molecule has 1 amide bonds. The molecule has 2 rings (SSSR count). The third kappa shape index (κ3) is 3.15. The zero-order valence-electron chi connectivity index (χ0n) is 12.4. The van der Waals surface area contributed by atoms with Crippen LogP contribution >= 0.6 is 0 Å². The fourth-order valence-corrected chi connectivity index (χ4v) is 1.99. The van der Waals surface area contributed by atoms with Crippen LogP contribution < -0.4 is 15.6 Å². The van der Waals surface area contributed by atoms with Crippen molar-refractivity contribution in [3.8, 4) is 17.0 Å². The summed E-state index contributed by atoms with van der Waals surface area (Å²) < 4.78 is 6.18. The van der Waals surface area contributed by atoms with Crippen LogP contribution in [0, 0.1) is 0 Å². The molecular formula is C15H17N3O4. The summed E-state index contributed by atoms with van der Waals surface area (Å²) in [5.41, 5.74) is 0.648. The Morgan fingerprint density at radius 3 is 2.59 bits per heavy atom. The van der Waals surface area contributed by atoms with E-state index in [0.717, 1.165) is 10.2 Å². The molecule has 0 fully saturated rings. The average molecular weight is 303 g/mol. The summed E-state index contributed by atoms with van der Waals surface area (Å²) in [7, 11) is 3.02. The number of carbonyl (C=O) groups is 1. The van der Waals surface area contributed by atoms with Crippen molar-refractivity contribution in [2.45, 2.75) is 6.54 Å². The van der Waals surface area contributed by atoms with Gasteiger partial charge in [0.05, 0.1) is 26.0 Å². The van der Waals surface area contributed by atoms with E-state index in [4.69, 9.17) is 9.84 Å². The van der Waals surface area contributed by atoms with Gasteiger partial charge in [0.25, 0.3) is 11.5 Å². The van der Waals surface area contributed by atoms with Crippen LogP contribution in [-0.4, -0.2) is 41.6 Å². The summed E-state index contributed by atoms with van der Waals surface area (Å²) in [6, 6.07) is 8.53. The van der Waals surface area contributed by atoms with Crippen molar-refractivity contribution in [1.29, 1.82) is 0 Å². The third-order valence-electron chi connectivity index (χ3n) is 3.14. The van der Waals surface area contributed by atoms with Crippen molar-refractivity contribution in [3.63, 3.8) is 0 Å². The molecule has 0 aliphatic carbocycles. The van der Waals surface area contributed by atoms with E-state index >= 15 is 0 Å². The van der Waals surface area contributed by atoms with E-state index in [1.807, 2.05) is 0 Å². The van der Waals surface area contributed by atoms with E-state index in [1.54, 1.807) is 31.4 Å². The molecule has 116 valence electrons. The van der Waals surface area contributed by atoms with Gasteiger partial charge in [-0.05, 0) is 30.3 Å². The first-order chi connectivity index (χ1) is 10.6. The Labute approximate surface area is 127 Å². The topological polar surface area (TPSA) is 93.4 Å². The lowest BCUT2D eigenvalue weighted by Gasteiger charge is -2.09. The number of hydrogen-bond acceptors (Lipinski definition) is 5. The van der Waals surface area contributed by atoms with Gasteiger partial charge >= 0.3 is 0 Å². The summed E-state index contributed by atoms with van der Waals surface area (Å²) in [4.78, 5) is 24.0. The highest BCUT2D eigenvalue weighted by Gasteiger charge is 2.15. The van der Waals surface area contributed by atoms with E-state index < -0.39 is 11.5 Å². The number of ether oxygens (including phenoxy) is 1. The molecule has 2 aromatic rings. The summed E-state index contributed by atoms with van der Waals surface area (Å²) in [6.45, 7) is -0.223. The maximum absolute atomic E-state index is 12.2. The van der Waals surface area contributed by atoms with Gasteiger partial charge in [0, 0.05) is 12.6 Å². The molecule has 1 aromatic heterocycles. The second-order valence-corrected chi connectivity index (χ2v) is 4.50. The molecule has 0 spiro atoms. The lowest BCUT2D eigenvalue weighted by Crippen LogP contribution is -2.33. The molecule has 0 aliphatic rings. The standard InChI is InChI=1S/C15H17N3O4/c1-16-14(20)12-9-13(17-18(7-8-19)15(12)21)10-3-5-11(22-2)6-4-10/h3-6,9,19H,7-8H2,1-2H3,(H,16,20). The van der Waals surface area contributed by atoms with Crippen LogP contribution in [0.25, 0.3) is 11.3 Å². The molecule has 0 unspecified atom stereocenters. The predicted octanol–water partition coefficient (Wildman–Crippen LogP) is 0.271. The smallest absolute Gasteiger partial charge is 0.279 e. The Morgan fingerprint density at radius 1 is 1.36 bits per heavy atom. The third-order valence-corrected chi connectivity index (χ3v) is 3.14. The Kier molecular flexibility index (Phi) is 4.90. The number of aliphatic hydroxyl groups is 1. The van der Waals surface area contributed by atoms with Crippen molar-refractivity contribution in [2.75, 3.05) is 20.8 Å². The SMILES string of the molecule is CNC(=O)c1cc(-c2ccc(OC)cc2)nn(CCO)c1=O. The van der Waals surface area contributed by atoms with Crippen LogP contribution in [0.3, 0.4) is 0 Å². The number of benzene rings is 1.